The van der Waals surface area contributed by atoms with E-state index in [9.17, 15) is 9.59 Å². The van der Waals surface area contributed by atoms with Crippen molar-refractivity contribution >= 4 is 57.8 Å². The first-order valence-electron chi connectivity index (χ1n) is 7.18. The molecule has 0 N–H and O–H groups in total. The van der Waals surface area contributed by atoms with E-state index in [4.69, 9.17) is 16.3 Å². The van der Waals surface area contributed by atoms with Gasteiger partial charge in [-0.2, -0.15) is 0 Å². The maximum Gasteiger partial charge on any atom is 0.339 e. The summed E-state index contributed by atoms with van der Waals surface area (Å²) in [5.41, 5.74) is 3.18. The minimum absolute atomic E-state index is 0.266. The minimum Gasteiger partial charge on any atom is -0.454 e. The van der Waals surface area contributed by atoms with Crippen molar-refractivity contribution in [2.75, 3.05) is 6.61 Å². The molecule has 25 heavy (non-hydrogen) atoms. The Balaban J connectivity index is 1.62. The lowest BCUT2D eigenvalue weighted by molar-refractivity contribution is 0.0472. The molecule has 3 aromatic rings. The van der Waals surface area contributed by atoms with Crippen LogP contribution in [0.2, 0.25) is 4.34 Å². The Morgan fingerprint density at radius 1 is 1.20 bits per heavy atom. The molecule has 0 spiro atoms. The number of thiophene rings is 1. The van der Waals surface area contributed by atoms with Crippen LogP contribution >= 0.6 is 46.0 Å². The molecule has 128 valence electrons. The molecule has 0 aliphatic heterocycles. The van der Waals surface area contributed by atoms with Crippen LogP contribution in [0.25, 0.3) is 0 Å². The minimum atomic E-state index is -0.516. The van der Waals surface area contributed by atoms with Crippen molar-refractivity contribution in [2.45, 2.75) is 10.6 Å². The van der Waals surface area contributed by atoms with Crippen LogP contribution in [-0.4, -0.2) is 23.3 Å². The van der Waals surface area contributed by atoms with Gasteiger partial charge in [0, 0.05) is 16.0 Å². The molecule has 8 heteroatoms. The van der Waals surface area contributed by atoms with E-state index in [0.717, 1.165) is 10.6 Å². The van der Waals surface area contributed by atoms with Gasteiger partial charge < -0.3 is 4.74 Å². The van der Waals surface area contributed by atoms with Gasteiger partial charge in [0.15, 0.2) is 6.61 Å². The lowest BCUT2D eigenvalue weighted by Crippen LogP contribution is -2.14. The Morgan fingerprint density at radius 3 is 2.76 bits per heavy atom. The van der Waals surface area contributed by atoms with Crippen LogP contribution in [0.5, 0.6) is 0 Å². The van der Waals surface area contributed by atoms with Crippen molar-refractivity contribution in [3.8, 4) is 0 Å². The third-order valence-corrected chi connectivity index (χ3v) is 6.16. The van der Waals surface area contributed by atoms with Crippen LogP contribution < -0.4 is 0 Å². The Hall–Kier alpha value is -1.67. The van der Waals surface area contributed by atoms with Crippen molar-refractivity contribution in [1.29, 1.82) is 0 Å². The molecule has 0 amide bonds. The molecule has 0 atom stereocenters. The number of thiazole rings is 1. The highest BCUT2D eigenvalue weighted by atomic mass is 35.5. The van der Waals surface area contributed by atoms with Gasteiger partial charge in [-0.1, -0.05) is 23.7 Å². The van der Waals surface area contributed by atoms with Crippen molar-refractivity contribution < 1.29 is 14.3 Å². The largest absolute Gasteiger partial charge is 0.454 e. The number of esters is 1. The molecule has 0 radical (unpaired) electrons. The summed E-state index contributed by atoms with van der Waals surface area (Å²) < 4.78 is 5.71. The van der Waals surface area contributed by atoms with Crippen molar-refractivity contribution in [3.05, 3.63) is 67.8 Å². The van der Waals surface area contributed by atoms with E-state index >= 15 is 0 Å². The van der Waals surface area contributed by atoms with Gasteiger partial charge in [-0.05, 0) is 24.3 Å². The molecule has 0 bridgehead atoms. The number of carbonyl (C=O) groups is 2. The Kier molecular flexibility index (Phi) is 6.25. The van der Waals surface area contributed by atoms with Crippen LogP contribution in [0.1, 0.15) is 25.7 Å². The first-order valence-corrected chi connectivity index (χ1v) is 10.3. The monoisotopic (exact) mass is 409 g/mol. The summed E-state index contributed by atoms with van der Waals surface area (Å²) in [4.78, 5) is 29.9. The number of hydrogen-bond acceptors (Lipinski definition) is 7. The van der Waals surface area contributed by atoms with Crippen LogP contribution in [0.15, 0.2) is 52.2 Å². The molecule has 0 saturated carbocycles. The molecule has 3 rings (SSSR count). The number of hydrogen-bond donors (Lipinski definition) is 0. The average molecular weight is 410 g/mol. The number of Topliss-reactive ketones (excluding diaryl/α,β-unsaturated/α-hetero) is 1. The summed E-state index contributed by atoms with van der Waals surface area (Å²) in [6, 6.07) is 10.4. The van der Waals surface area contributed by atoms with Crippen LogP contribution in [0, 0.1) is 0 Å². The molecule has 1 aromatic carbocycles. The first kappa shape index (κ1) is 18.1. The number of carbonyl (C=O) groups excluding carboxylic acids is 2. The highest BCUT2D eigenvalue weighted by Crippen LogP contribution is 2.27. The summed E-state index contributed by atoms with van der Waals surface area (Å²) in [5.74, 6) is -0.115. The number of nitrogens with zero attached hydrogens (tertiary/aromatic N) is 1. The number of benzene rings is 1. The molecule has 0 unspecified atom stereocenters. The second kappa shape index (κ2) is 8.62. The van der Waals surface area contributed by atoms with E-state index in [0.29, 0.717) is 20.5 Å². The zero-order valence-corrected chi connectivity index (χ0v) is 16.0. The van der Waals surface area contributed by atoms with Gasteiger partial charge in [-0.3, -0.25) is 4.79 Å². The smallest absolute Gasteiger partial charge is 0.339 e. The Labute approximate surface area is 161 Å². The second-order valence-corrected chi connectivity index (χ2v) is 8.32. The summed E-state index contributed by atoms with van der Waals surface area (Å²) in [7, 11) is 0. The van der Waals surface area contributed by atoms with Gasteiger partial charge in [0.05, 0.1) is 26.0 Å². The van der Waals surface area contributed by atoms with E-state index in [1.165, 1.54) is 34.4 Å². The molecule has 0 saturated heterocycles. The van der Waals surface area contributed by atoms with E-state index in [1.807, 2.05) is 17.5 Å². The van der Waals surface area contributed by atoms with Crippen LogP contribution in [-0.2, 0) is 10.5 Å². The number of halogens is 1. The zero-order chi connectivity index (χ0) is 17.6. The lowest BCUT2D eigenvalue weighted by atomic mass is 10.2. The second-order valence-electron chi connectivity index (χ2n) is 4.87. The standard InChI is InChI=1S/C17H12ClNO3S3/c18-16-6-5-15(25-16)13(20)7-22-17(21)12-3-1-2-4-14(12)24-9-11-8-23-10-19-11/h1-6,8,10H,7,9H2. The normalized spacial score (nSPS) is 10.6. The molecule has 0 aliphatic carbocycles. The molecular formula is C17H12ClNO3S3. The van der Waals surface area contributed by atoms with Crippen molar-refractivity contribution in [2.24, 2.45) is 0 Å². The van der Waals surface area contributed by atoms with Crippen LogP contribution in [0.3, 0.4) is 0 Å². The number of rotatable bonds is 7. The molecule has 4 nitrogen and oxygen atoms in total. The number of aromatic nitrogens is 1. The first-order chi connectivity index (χ1) is 12.1. The topological polar surface area (TPSA) is 56.3 Å². The predicted octanol–water partition coefficient (Wildman–Crippen LogP) is 5.19. The number of ether oxygens (including phenoxy) is 1. The number of thioether (sulfide) groups is 1. The van der Waals surface area contributed by atoms with Gasteiger partial charge >= 0.3 is 5.97 Å². The molecular weight excluding hydrogens is 398 g/mol. The third-order valence-electron chi connectivity index (χ3n) is 3.15. The van der Waals surface area contributed by atoms with Gasteiger partial charge in [0.1, 0.15) is 0 Å². The van der Waals surface area contributed by atoms with Crippen LogP contribution in [0.4, 0.5) is 0 Å². The van der Waals surface area contributed by atoms with Gasteiger partial charge in [-0.25, -0.2) is 9.78 Å². The predicted molar refractivity (Wildman–Crippen MR) is 102 cm³/mol. The quantitative estimate of drug-likeness (QED) is 0.305. The third kappa shape index (κ3) is 4.92. The SMILES string of the molecule is O=C(COC(=O)c1ccccc1SCc1cscn1)c1ccc(Cl)s1. The molecule has 0 aliphatic rings. The highest BCUT2D eigenvalue weighted by Gasteiger charge is 2.16. The van der Waals surface area contributed by atoms with Crippen molar-refractivity contribution in [3.63, 3.8) is 0 Å². The zero-order valence-electron chi connectivity index (χ0n) is 12.8. The summed E-state index contributed by atoms with van der Waals surface area (Å²) in [6.45, 7) is -0.305. The van der Waals surface area contributed by atoms with E-state index in [1.54, 1.807) is 29.8 Å². The highest BCUT2D eigenvalue weighted by molar-refractivity contribution is 7.98. The summed E-state index contributed by atoms with van der Waals surface area (Å²) in [6.07, 6.45) is 0. The molecule has 2 heterocycles. The van der Waals surface area contributed by atoms with Gasteiger partial charge in [0.25, 0.3) is 0 Å². The van der Waals surface area contributed by atoms with Gasteiger partial charge in [0.2, 0.25) is 5.78 Å². The Morgan fingerprint density at radius 2 is 2.04 bits per heavy atom. The van der Waals surface area contributed by atoms with E-state index < -0.39 is 5.97 Å². The maximum atomic E-state index is 12.3. The summed E-state index contributed by atoms with van der Waals surface area (Å²) in [5, 5.41) is 1.97. The van der Waals surface area contributed by atoms with Gasteiger partial charge in [-0.15, -0.1) is 34.4 Å². The van der Waals surface area contributed by atoms with E-state index in [2.05, 4.69) is 4.98 Å². The molecule has 0 fully saturated rings. The lowest BCUT2D eigenvalue weighted by Gasteiger charge is -2.08. The fraction of sp³-hybridized carbons (Fsp3) is 0.118. The fourth-order valence-electron chi connectivity index (χ4n) is 1.97. The van der Waals surface area contributed by atoms with E-state index in [-0.39, 0.29) is 12.4 Å². The average Bonchev–Trinajstić information content (AvgIpc) is 3.29. The fourth-order valence-corrected chi connectivity index (χ4v) is 4.54. The maximum absolute atomic E-state index is 12.3. The Bertz CT molecular complexity index is 877. The number of ketones is 1. The van der Waals surface area contributed by atoms with Crippen molar-refractivity contribution in [1.82, 2.24) is 4.98 Å². The summed E-state index contributed by atoms with van der Waals surface area (Å²) >= 11 is 10.0. The molecule has 2 aromatic heterocycles.